The van der Waals surface area contributed by atoms with Crippen LogP contribution in [0.15, 0.2) is 53.0 Å². The Kier molecular flexibility index (Phi) is 7.67. The van der Waals surface area contributed by atoms with Crippen molar-refractivity contribution in [2.45, 2.75) is 19.9 Å². The zero-order valence-electron chi connectivity index (χ0n) is 20.2. The third-order valence-electron chi connectivity index (χ3n) is 4.39. The quantitative estimate of drug-likeness (QED) is 0.435. The van der Waals surface area contributed by atoms with Gasteiger partial charge in [0, 0.05) is 61.4 Å². The summed E-state index contributed by atoms with van der Waals surface area (Å²) >= 11 is 0. The summed E-state index contributed by atoms with van der Waals surface area (Å²) in [7, 11) is 1.57. The molecule has 0 saturated heterocycles. The van der Waals surface area contributed by atoms with Gasteiger partial charge in [-0.25, -0.2) is 14.2 Å². The topological polar surface area (TPSA) is 125 Å². The largest absolute Gasteiger partial charge is 0.378 e. The van der Waals surface area contributed by atoms with Crippen LogP contribution in [0.3, 0.4) is 0 Å². The van der Waals surface area contributed by atoms with E-state index in [0.29, 0.717) is 17.6 Å². The normalized spacial score (nSPS) is 11.1. The van der Waals surface area contributed by atoms with Crippen LogP contribution in [0.25, 0.3) is 0 Å². The number of carbonyl (C=O) groups excluding carboxylic acids is 1. The van der Waals surface area contributed by atoms with Gasteiger partial charge in [-0.3, -0.25) is 4.79 Å². The van der Waals surface area contributed by atoms with Crippen molar-refractivity contribution >= 4 is 50.4 Å². The summed E-state index contributed by atoms with van der Waals surface area (Å²) in [4.78, 5) is 28.0. The minimum Gasteiger partial charge on any atom is -0.378 e. The molecular formula is C23H32N8O2S. The molecule has 11 heteroatoms. The van der Waals surface area contributed by atoms with Gasteiger partial charge in [0.25, 0.3) is 5.91 Å². The van der Waals surface area contributed by atoms with Gasteiger partial charge in [-0.05, 0) is 50.2 Å². The summed E-state index contributed by atoms with van der Waals surface area (Å²) in [5.41, 5.74) is 2.13. The van der Waals surface area contributed by atoms with Gasteiger partial charge in [-0.1, -0.05) is 6.07 Å². The molecule has 0 radical (unpaired) electrons. The van der Waals surface area contributed by atoms with Crippen LogP contribution in [0.2, 0.25) is 0 Å². The molecule has 0 aliphatic rings. The number of pyridine rings is 1. The van der Waals surface area contributed by atoms with Crippen LogP contribution in [0.5, 0.6) is 0 Å². The van der Waals surface area contributed by atoms with Crippen molar-refractivity contribution in [2.24, 2.45) is 4.36 Å². The predicted molar refractivity (Wildman–Crippen MR) is 140 cm³/mol. The van der Waals surface area contributed by atoms with Crippen LogP contribution in [0.1, 0.15) is 25.6 Å². The molecule has 1 amide bonds. The van der Waals surface area contributed by atoms with E-state index in [2.05, 4.69) is 35.3 Å². The van der Waals surface area contributed by atoms with E-state index in [1.807, 2.05) is 57.1 Å². The molecule has 2 aromatic heterocycles. The van der Waals surface area contributed by atoms with E-state index in [1.54, 1.807) is 18.2 Å². The average molecular weight is 485 g/mol. The summed E-state index contributed by atoms with van der Waals surface area (Å²) in [6, 6.07) is 12.8. The van der Waals surface area contributed by atoms with E-state index >= 15 is 0 Å². The van der Waals surface area contributed by atoms with Gasteiger partial charge in [0.1, 0.15) is 17.2 Å². The Morgan fingerprint density at radius 1 is 1.06 bits per heavy atom. The number of anilines is 5. The molecule has 3 aromatic rings. The first-order valence-corrected chi connectivity index (χ1v) is 13.0. The Balaban J connectivity index is 0.00000432. The maximum absolute atomic E-state index is 12.8. The van der Waals surface area contributed by atoms with Gasteiger partial charge in [0.2, 0.25) is 5.95 Å². The highest BCUT2D eigenvalue weighted by molar-refractivity contribution is 7.92. The van der Waals surface area contributed by atoms with Crippen molar-refractivity contribution in [1.29, 1.82) is 0 Å². The monoisotopic (exact) mass is 484 g/mol. The third kappa shape index (κ3) is 7.14. The van der Waals surface area contributed by atoms with Crippen molar-refractivity contribution in [3.8, 4) is 0 Å². The van der Waals surface area contributed by atoms with Crippen molar-refractivity contribution in [1.82, 2.24) is 20.3 Å². The Bertz CT molecular complexity index is 1280. The zero-order chi connectivity index (χ0) is 24.9. The van der Waals surface area contributed by atoms with Crippen molar-refractivity contribution < 1.29 is 10.4 Å². The number of nitrogens with one attached hydrogen (secondary N) is 3. The highest BCUT2D eigenvalue weighted by Crippen LogP contribution is 2.23. The molecule has 34 heavy (non-hydrogen) atoms. The molecule has 1 aromatic carbocycles. The summed E-state index contributed by atoms with van der Waals surface area (Å²) in [6.45, 7) is 3.75. The Labute approximate surface area is 201 Å². The first kappa shape index (κ1) is 24.9. The van der Waals surface area contributed by atoms with E-state index in [0.717, 1.165) is 11.4 Å². The van der Waals surface area contributed by atoms with E-state index in [9.17, 15) is 9.00 Å². The fourth-order valence-electron chi connectivity index (χ4n) is 2.91. The smallest absolute Gasteiger partial charge is 0.256 e. The van der Waals surface area contributed by atoms with Crippen molar-refractivity contribution in [3.63, 3.8) is 0 Å². The number of carbonyl (C=O) groups is 1. The van der Waals surface area contributed by atoms with Crippen LogP contribution in [-0.4, -0.2) is 57.7 Å². The molecule has 0 aliphatic heterocycles. The Morgan fingerprint density at radius 2 is 1.76 bits per heavy atom. The van der Waals surface area contributed by atoms with Crippen LogP contribution in [-0.2, 0) is 9.73 Å². The Hall–Kier alpha value is -3.73. The van der Waals surface area contributed by atoms with Crippen molar-refractivity contribution in [2.75, 3.05) is 42.1 Å². The number of hydrogen-bond donors (Lipinski definition) is 3. The van der Waals surface area contributed by atoms with Gasteiger partial charge in [-0.15, -0.1) is 0 Å². The molecule has 0 unspecified atom stereocenters. The van der Waals surface area contributed by atoms with E-state index < -0.39 is 9.73 Å². The number of amides is 1. The summed E-state index contributed by atoms with van der Waals surface area (Å²) < 4.78 is 16.2. The summed E-state index contributed by atoms with van der Waals surface area (Å²) in [6.07, 6.45) is 4.54. The van der Waals surface area contributed by atoms with Gasteiger partial charge in [0.15, 0.2) is 5.82 Å². The second kappa shape index (κ2) is 10.5. The maximum atomic E-state index is 12.8. The van der Waals surface area contributed by atoms with Crippen LogP contribution in [0, 0.1) is 0 Å². The molecule has 0 aliphatic carbocycles. The standard InChI is InChI=1S/C23H30N8O2S.H2/c1-15(2)25-22(32)18-14-24-23(26-16-10-12-17(13-11-16)31(3)4)29-21(18)28-19-8-7-9-20(27-19)30-34(5,6)33;/h7-15H,1-6H3,(H,25,32)(H2,24,26,27,28,29);1H. The molecule has 0 atom stereocenters. The lowest BCUT2D eigenvalue weighted by Crippen LogP contribution is -2.31. The van der Waals surface area contributed by atoms with Gasteiger partial charge >= 0.3 is 0 Å². The molecule has 0 spiro atoms. The number of benzene rings is 1. The maximum Gasteiger partial charge on any atom is 0.256 e. The molecule has 182 valence electrons. The Morgan fingerprint density at radius 3 is 2.38 bits per heavy atom. The van der Waals surface area contributed by atoms with Crippen LogP contribution >= 0.6 is 0 Å². The summed E-state index contributed by atoms with van der Waals surface area (Å²) in [5, 5.41) is 9.09. The fourth-order valence-corrected chi connectivity index (χ4v) is 3.46. The SMILES string of the molecule is CC(C)NC(=O)c1cnc(Nc2ccc(N(C)C)cc2)nc1Nc1cccc(N=S(C)(C)=O)n1.[HH]. The van der Waals surface area contributed by atoms with Gasteiger partial charge in [0.05, 0.1) is 0 Å². The molecule has 10 nitrogen and oxygen atoms in total. The number of aromatic nitrogens is 3. The highest BCUT2D eigenvalue weighted by atomic mass is 32.2. The molecule has 0 bridgehead atoms. The molecule has 0 fully saturated rings. The third-order valence-corrected chi connectivity index (χ3v) is 5.01. The molecule has 0 saturated carbocycles. The van der Waals surface area contributed by atoms with Gasteiger partial charge < -0.3 is 20.9 Å². The first-order valence-electron chi connectivity index (χ1n) is 10.6. The predicted octanol–water partition coefficient (Wildman–Crippen LogP) is 4.17. The second-order valence-corrected chi connectivity index (χ2v) is 11.0. The van der Waals surface area contributed by atoms with Crippen LogP contribution < -0.4 is 20.9 Å². The summed E-state index contributed by atoms with van der Waals surface area (Å²) in [5.74, 6) is 1.00. The van der Waals surface area contributed by atoms with E-state index in [1.165, 1.54) is 18.7 Å². The molecular weight excluding hydrogens is 452 g/mol. The first-order chi connectivity index (χ1) is 16.0. The lowest BCUT2D eigenvalue weighted by molar-refractivity contribution is 0.0943. The molecule has 3 rings (SSSR count). The fraction of sp³-hybridized carbons (Fsp3) is 0.304. The van der Waals surface area contributed by atoms with Crippen LogP contribution in [0.4, 0.5) is 34.8 Å². The zero-order valence-corrected chi connectivity index (χ0v) is 21.0. The molecule has 2 heterocycles. The molecule has 3 N–H and O–H groups in total. The number of nitrogens with zero attached hydrogens (tertiary/aromatic N) is 5. The lowest BCUT2D eigenvalue weighted by Gasteiger charge is -2.15. The highest BCUT2D eigenvalue weighted by Gasteiger charge is 2.17. The number of hydrogen-bond acceptors (Lipinski definition) is 9. The average Bonchev–Trinajstić information content (AvgIpc) is 2.73. The number of rotatable bonds is 8. The minimum absolute atomic E-state index is 0. The van der Waals surface area contributed by atoms with E-state index in [4.69, 9.17) is 0 Å². The lowest BCUT2D eigenvalue weighted by atomic mass is 10.2. The minimum atomic E-state index is -2.37. The second-order valence-electron chi connectivity index (χ2n) is 8.43. The van der Waals surface area contributed by atoms with E-state index in [-0.39, 0.29) is 24.8 Å². The van der Waals surface area contributed by atoms with Gasteiger partial charge in [-0.2, -0.15) is 9.35 Å². The van der Waals surface area contributed by atoms with Crippen molar-refractivity contribution in [3.05, 3.63) is 54.2 Å².